The molecule has 0 amide bonds. The molecule has 12 rings (SSSR count). The Morgan fingerprint density at radius 2 is 0.597 bits per heavy atom. The van der Waals surface area contributed by atoms with Gasteiger partial charge >= 0.3 is 0 Å². The van der Waals surface area contributed by atoms with Crippen molar-refractivity contribution in [2.45, 2.75) is 0 Å². The van der Waals surface area contributed by atoms with Crippen LogP contribution < -0.4 is 0 Å². The summed E-state index contributed by atoms with van der Waals surface area (Å²) in [5.74, 6) is 1.73. The number of hydrogen-bond donors (Lipinski definition) is 0. The molecule has 0 spiro atoms. The first-order valence-corrected chi connectivity index (χ1v) is 20.8. The molecule has 4 heterocycles. The smallest absolute Gasteiger partial charge is 0.164 e. The number of hydrogen-bond acceptors (Lipinski definition) is 4. The molecule has 0 fully saturated rings. The molecule has 0 saturated heterocycles. The van der Waals surface area contributed by atoms with Gasteiger partial charge in [0.25, 0.3) is 0 Å². The van der Waals surface area contributed by atoms with Crippen molar-refractivity contribution in [1.82, 2.24) is 29.1 Å². The Morgan fingerprint density at radius 3 is 0.968 bits per heavy atom. The third kappa shape index (κ3) is 6.04. The van der Waals surface area contributed by atoms with Gasteiger partial charge in [0.2, 0.25) is 0 Å². The first-order valence-electron chi connectivity index (χ1n) is 20.8. The van der Waals surface area contributed by atoms with Gasteiger partial charge in [-0.1, -0.05) is 170 Å². The van der Waals surface area contributed by atoms with Gasteiger partial charge in [0.15, 0.2) is 11.3 Å². The second-order valence-electron chi connectivity index (χ2n) is 15.5. The Hall–Kier alpha value is -8.48. The molecule has 0 aliphatic rings. The maximum absolute atomic E-state index is 5.08. The number of pyridine rings is 2. The Morgan fingerprint density at radius 1 is 0.274 bits per heavy atom. The van der Waals surface area contributed by atoms with Gasteiger partial charge in [0.1, 0.15) is 22.7 Å². The molecular formula is C56H36N6. The SMILES string of the molecule is c1ccc2c(-n3c(-c4ccc(-c5ccc(-c6ccc(-c7ccc(-c8nc9cccnc9n8-c8cccc9ccccc89)cc7)cc6)cc5)cc4)nc4cccnc43)cccc2c1. The number of aromatic nitrogens is 6. The standard InChI is InChI=1S/C56H36N6/c1-3-13-47-43(9-1)11-5-17-51(47)61-53(59-49-15-7-35-57-55(49)61)45-31-27-41(28-32-45)39-23-19-37(20-24-39)38-21-25-40(26-22-38)42-29-33-46(34-30-42)54-60-50-16-8-36-58-56(50)62(54)52-18-6-12-44-10-2-4-14-48(44)52/h1-36H. The summed E-state index contributed by atoms with van der Waals surface area (Å²) in [6.45, 7) is 0. The largest absolute Gasteiger partial charge is 0.276 e. The summed E-state index contributed by atoms with van der Waals surface area (Å²) in [4.78, 5) is 19.7. The van der Waals surface area contributed by atoms with Crippen molar-refractivity contribution in [3.8, 4) is 67.5 Å². The summed E-state index contributed by atoms with van der Waals surface area (Å²) in [6, 6.07) is 72.6. The molecule has 0 aliphatic carbocycles. The van der Waals surface area contributed by atoms with Crippen LogP contribution in [0.3, 0.4) is 0 Å². The molecule has 6 nitrogen and oxygen atoms in total. The average Bonchev–Trinajstić information content (AvgIpc) is 3.93. The molecule has 62 heavy (non-hydrogen) atoms. The molecule has 0 aliphatic heterocycles. The van der Waals surface area contributed by atoms with Gasteiger partial charge < -0.3 is 0 Å². The van der Waals surface area contributed by atoms with Gasteiger partial charge in [-0.2, -0.15) is 0 Å². The molecule has 4 aromatic heterocycles. The maximum atomic E-state index is 5.08. The number of rotatable bonds is 7. The fraction of sp³-hybridized carbons (Fsp3) is 0. The van der Waals surface area contributed by atoms with Gasteiger partial charge in [0, 0.05) is 34.3 Å². The second-order valence-corrected chi connectivity index (χ2v) is 15.5. The topological polar surface area (TPSA) is 61.4 Å². The van der Waals surface area contributed by atoms with E-state index in [9.17, 15) is 0 Å². The van der Waals surface area contributed by atoms with E-state index in [1.807, 2.05) is 36.7 Å². The third-order valence-electron chi connectivity index (χ3n) is 11.9. The molecule has 0 bridgehead atoms. The van der Waals surface area contributed by atoms with E-state index in [0.717, 1.165) is 89.5 Å². The lowest BCUT2D eigenvalue weighted by molar-refractivity contribution is 1.09. The van der Waals surface area contributed by atoms with E-state index in [4.69, 9.17) is 19.9 Å². The predicted octanol–water partition coefficient (Wildman–Crippen LogP) is 13.8. The van der Waals surface area contributed by atoms with E-state index >= 15 is 0 Å². The van der Waals surface area contributed by atoms with Crippen LogP contribution >= 0.6 is 0 Å². The van der Waals surface area contributed by atoms with Crippen molar-refractivity contribution in [2.24, 2.45) is 0 Å². The molecule has 12 aromatic rings. The molecule has 0 atom stereocenters. The highest BCUT2D eigenvalue weighted by Gasteiger charge is 2.19. The summed E-state index contributed by atoms with van der Waals surface area (Å²) in [7, 11) is 0. The van der Waals surface area contributed by atoms with E-state index in [1.165, 1.54) is 21.9 Å². The minimum atomic E-state index is 0.841. The molecular weight excluding hydrogens is 757 g/mol. The summed E-state index contributed by atoms with van der Waals surface area (Å²) in [5.41, 5.74) is 14.6. The Balaban J connectivity index is 0.799. The average molecular weight is 793 g/mol. The van der Waals surface area contributed by atoms with Crippen molar-refractivity contribution < 1.29 is 0 Å². The first-order chi connectivity index (χ1) is 30.7. The molecule has 290 valence electrons. The second kappa shape index (κ2) is 14.7. The van der Waals surface area contributed by atoms with Crippen LogP contribution in [0.5, 0.6) is 0 Å². The highest BCUT2D eigenvalue weighted by atomic mass is 15.1. The monoisotopic (exact) mass is 792 g/mol. The summed E-state index contributed by atoms with van der Waals surface area (Å²) < 4.78 is 4.37. The fourth-order valence-corrected chi connectivity index (χ4v) is 8.81. The minimum Gasteiger partial charge on any atom is -0.276 e. The molecule has 0 radical (unpaired) electrons. The summed E-state index contributed by atoms with van der Waals surface area (Å²) >= 11 is 0. The molecule has 8 aromatic carbocycles. The van der Waals surface area contributed by atoms with Crippen LogP contribution in [-0.4, -0.2) is 29.1 Å². The number of fused-ring (bicyclic) bond motifs is 4. The van der Waals surface area contributed by atoms with Crippen LogP contribution in [0.25, 0.3) is 111 Å². The van der Waals surface area contributed by atoms with E-state index in [2.05, 4.69) is 191 Å². The fourth-order valence-electron chi connectivity index (χ4n) is 8.81. The normalized spacial score (nSPS) is 11.5. The van der Waals surface area contributed by atoms with Crippen molar-refractivity contribution in [2.75, 3.05) is 0 Å². The zero-order valence-electron chi connectivity index (χ0n) is 33.5. The van der Waals surface area contributed by atoms with Gasteiger partial charge in [-0.3, -0.25) is 9.13 Å². The lowest BCUT2D eigenvalue weighted by Crippen LogP contribution is -1.99. The minimum absolute atomic E-state index is 0.841. The zero-order valence-corrected chi connectivity index (χ0v) is 33.5. The van der Waals surface area contributed by atoms with E-state index < -0.39 is 0 Å². The summed E-state index contributed by atoms with van der Waals surface area (Å²) in [5, 5.41) is 4.68. The molecule has 0 unspecified atom stereocenters. The predicted molar refractivity (Wildman–Crippen MR) is 253 cm³/mol. The van der Waals surface area contributed by atoms with Crippen LogP contribution in [0.15, 0.2) is 219 Å². The van der Waals surface area contributed by atoms with E-state index in [1.54, 1.807) is 0 Å². The van der Waals surface area contributed by atoms with Gasteiger partial charge in [-0.05, 0) is 80.6 Å². The van der Waals surface area contributed by atoms with E-state index in [-0.39, 0.29) is 0 Å². The van der Waals surface area contributed by atoms with Crippen molar-refractivity contribution in [3.63, 3.8) is 0 Å². The lowest BCUT2D eigenvalue weighted by atomic mass is 9.97. The van der Waals surface area contributed by atoms with Crippen LogP contribution in [0.4, 0.5) is 0 Å². The van der Waals surface area contributed by atoms with Gasteiger partial charge in [-0.25, -0.2) is 19.9 Å². The quantitative estimate of drug-likeness (QED) is 0.161. The lowest BCUT2D eigenvalue weighted by Gasteiger charge is -2.13. The molecule has 0 saturated carbocycles. The Bertz CT molecular complexity index is 3350. The Labute approximate surface area is 357 Å². The van der Waals surface area contributed by atoms with Gasteiger partial charge in [0.05, 0.1) is 11.4 Å². The third-order valence-corrected chi connectivity index (χ3v) is 11.9. The maximum Gasteiger partial charge on any atom is 0.164 e. The number of nitrogens with zero attached hydrogens (tertiary/aromatic N) is 6. The summed E-state index contributed by atoms with van der Waals surface area (Å²) in [6.07, 6.45) is 3.67. The van der Waals surface area contributed by atoms with Crippen molar-refractivity contribution >= 4 is 43.9 Å². The van der Waals surface area contributed by atoms with Crippen LogP contribution in [-0.2, 0) is 0 Å². The Kier molecular flexibility index (Phi) is 8.38. The van der Waals surface area contributed by atoms with Crippen molar-refractivity contribution in [3.05, 3.63) is 219 Å². The van der Waals surface area contributed by atoms with Crippen LogP contribution in [0.2, 0.25) is 0 Å². The molecule has 6 heteroatoms. The van der Waals surface area contributed by atoms with Crippen LogP contribution in [0.1, 0.15) is 0 Å². The first kappa shape index (κ1) is 35.5. The van der Waals surface area contributed by atoms with Crippen LogP contribution in [0, 0.1) is 0 Å². The zero-order chi connectivity index (χ0) is 41.0. The highest BCUT2D eigenvalue weighted by Crippen LogP contribution is 2.35. The van der Waals surface area contributed by atoms with Gasteiger partial charge in [-0.15, -0.1) is 0 Å². The number of benzene rings is 8. The number of imidazole rings is 2. The highest BCUT2D eigenvalue weighted by molar-refractivity contribution is 5.95. The molecule has 0 N–H and O–H groups in total. The van der Waals surface area contributed by atoms with Crippen molar-refractivity contribution in [1.29, 1.82) is 0 Å². The van der Waals surface area contributed by atoms with E-state index in [0.29, 0.717) is 0 Å².